The zero-order valence-electron chi connectivity index (χ0n) is 17.8. The molecule has 0 fully saturated rings. The Balaban J connectivity index is 1.72. The van der Waals surface area contributed by atoms with Crippen LogP contribution in [0.1, 0.15) is 34.0 Å². The SMILES string of the molecule is CCOC(=O)c1ccc(NC(=O)/C(C#N)=C/c2ccc(Cc3ccccc3Cl)c(Br)c2)cc1. The quantitative estimate of drug-likeness (QED) is 0.220. The molecule has 0 unspecified atom stereocenters. The van der Waals surface area contributed by atoms with Crippen molar-refractivity contribution in [3.05, 3.63) is 104 Å². The van der Waals surface area contributed by atoms with Crippen LogP contribution in [0.2, 0.25) is 5.02 Å². The summed E-state index contributed by atoms with van der Waals surface area (Å²) in [6, 6.07) is 21.5. The van der Waals surface area contributed by atoms with E-state index in [-0.39, 0.29) is 12.2 Å². The highest BCUT2D eigenvalue weighted by Gasteiger charge is 2.12. The van der Waals surface area contributed by atoms with Crippen molar-refractivity contribution >= 4 is 51.2 Å². The number of anilines is 1. The van der Waals surface area contributed by atoms with Crippen molar-refractivity contribution in [1.82, 2.24) is 0 Å². The number of nitriles is 1. The highest BCUT2D eigenvalue weighted by Crippen LogP contribution is 2.26. The van der Waals surface area contributed by atoms with Gasteiger partial charge in [0.1, 0.15) is 11.6 Å². The van der Waals surface area contributed by atoms with Gasteiger partial charge in [-0.25, -0.2) is 4.79 Å². The summed E-state index contributed by atoms with van der Waals surface area (Å²) in [5.41, 5.74) is 3.54. The summed E-state index contributed by atoms with van der Waals surface area (Å²) in [5.74, 6) is -0.978. The van der Waals surface area contributed by atoms with E-state index in [1.54, 1.807) is 31.2 Å². The summed E-state index contributed by atoms with van der Waals surface area (Å²) >= 11 is 9.82. The summed E-state index contributed by atoms with van der Waals surface area (Å²) in [6.45, 7) is 2.01. The molecule has 0 spiro atoms. The molecule has 0 atom stereocenters. The molecule has 0 aliphatic heterocycles. The van der Waals surface area contributed by atoms with Gasteiger partial charge < -0.3 is 10.1 Å². The van der Waals surface area contributed by atoms with Crippen molar-refractivity contribution in [2.24, 2.45) is 0 Å². The van der Waals surface area contributed by atoms with Crippen LogP contribution in [-0.2, 0) is 16.0 Å². The maximum absolute atomic E-state index is 12.6. The van der Waals surface area contributed by atoms with Gasteiger partial charge in [-0.15, -0.1) is 0 Å². The Morgan fingerprint density at radius 3 is 2.45 bits per heavy atom. The van der Waals surface area contributed by atoms with Gasteiger partial charge in [-0.2, -0.15) is 5.26 Å². The third-order valence-corrected chi connectivity index (χ3v) is 5.85. The Morgan fingerprint density at radius 1 is 1.09 bits per heavy atom. The first-order chi connectivity index (χ1) is 15.9. The fraction of sp³-hybridized carbons (Fsp3) is 0.115. The minimum Gasteiger partial charge on any atom is -0.462 e. The van der Waals surface area contributed by atoms with Crippen molar-refractivity contribution < 1.29 is 14.3 Å². The van der Waals surface area contributed by atoms with Gasteiger partial charge in [0.15, 0.2) is 0 Å². The van der Waals surface area contributed by atoms with E-state index in [0.29, 0.717) is 28.3 Å². The van der Waals surface area contributed by atoms with E-state index in [4.69, 9.17) is 16.3 Å². The summed E-state index contributed by atoms with van der Waals surface area (Å²) in [6.07, 6.45) is 2.17. The van der Waals surface area contributed by atoms with Crippen LogP contribution in [0.25, 0.3) is 6.08 Å². The lowest BCUT2D eigenvalue weighted by Gasteiger charge is -2.08. The lowest BCUT2D eigenvalue weighted by molar-refractivity contribution is -0.112. The molecule has 0 radical (unpaired) electrons. The van der Waals surface area contributed by atoms with Gasteiger partial charge in [-0.3, -0.25) is 4.79 Å². The fourth-order valence-corrected chi connectivity index (χ4v) is 3.80. The molecule has 3 rings (SSSR count). The minimum atomic E-state index is -0.544. The zero-order valence-corrected chi connectivity index (χ0v) is 20.1. The molecule has 1 N–H and O–H groups in total. The lowest BCUT2D eigenvalue weighted by Crippen LogP contribution is -2.13. The van der Waals surface area contributed by atoms with Crippen LogP contribution in [0.5, 0.6) is 0 Å². The average Bonchev–Trinajstić information content (AvgIpc) is 2.81. The molecule has 0 saturated heterocycles. The number of halogens is 2. The predicted molar refractivity (Wildman–Crippen MR) is 133 cm³/mol. The number of esters is 1. The molecule has 0 heterocycles. The van der Waals surface area contributed by atoms with Crippen LogP contribution in [0.3, 0.4) is 0 Å². The third kappa shape index (κ3) is 6.55. The van der Waals surface area contributed by atoms with Gasteiger partial charge in [0.25, 0.3) is 5.91 Å². The van der Waals surface area contributed by atoms with E-state index >= 15 is 0 Å². The molecular weight excluding hydrogens is 504 g/mol. The first-order valence-corrected chi connectivity index (χ1v) is 11.3. The number of rotatable bonds is 7. The summed E-state index contributed by atoms with van der Waals surface area (Å²) in [5, 5.41) is 12.9. The Kier molecular flexibility index (Phi) is 8.42. The number of nitrogens with one attached hydrogen (secondary N) is 1. The first kappa shape index (κ1) is 24.2. The van der Waals surface area contributed by atoms with Crippen LogP contribution in [-0.4, -0.2) is 18.5 Å². The molecule has 5 nitrogen and oxygen atoms in total. The van der Waals surface area contributed by atoms with E-state index in [9.17, 15) is 14.9 Å². The van der Waals surface area contributed by atoms with Crippen LogP contribution in [0.4, 0.5) is 5.69 Å². The second-order valence-corrected chi connectivity index (χ2v) is 8.30. The van der Waals surface area contributed by atoms with Crippen LogP contribution >= 0.6 is 27.5 Å². The zero-order chi connectivity index (χ0) is 23.8. The summed E-state index contributed by atoms with van der Waals surface area (Å²) < 4.78 is 5.79. The molecule has 3 aromatic rings. The lowest BCUT2D eigenvalue weighted by atomic mass is 10.0. The third-order valence-electron chi connectivity index (χ3n) is 4.75. The normalized spacial score (nSPS) is 10.9. The van der Waals surface area contributed by atoms with Gasteiger partial charge in [0.2, 0.25) is 0 Å². The molecule has 1 amide bonds. The largest absolute Gasteiger partial charge is 0.462 e. The average molecular weight is 524 g/mol. The van der Waals surface area contributed by atoms with Gasteiger partial charge in [0.05, 0.1) is 12.2 Å². The van der Waals surface area contributed by atoms with Crippen LogP contribution in [0, 0.1) is 11.3 Å². The smallest absolute Gasteiger partial charge is 0.338 e. The molecule has 0 saturated carbocycles. The maximum atomic E-state index is 12.6. The highest BCUT2D eigenvalue weighted by molar-refractivity contribution is 9.10. The number of carbonyl (C=O) groups excluding carboxylic acids is 2. The summed E-state index contributed by atoms with van der Waals surface area (Å²) in [7, 11) is 0. The predicted octanol–water partition coefficient (Wildman–Crippen LogP) is 6.42. The van der Waals surface area contributed by atoms with E-state index in [1.165, 1.54) is 6.08 Å². The van der Waals surface area contributed by atoms with E-state index < -0.39 is 11.9 Å². The van der Waals surface area contributed by atoms with Crippen molar-refractivity contribution in [3.8, 4) is 6.07 Å². The Morgan fingerprint density at radius 2 is 1.82 bits per heavy atom. The standard InChI is InChI=1S/C26H20BrClN2O3/c1-2-33-26(32)18-9-11-22(12-10-18)30-25(31)21(16-29)13-17-7-8-19(23(27)14-17)15-20-5-3-4-6-24(20)28/h3-14H,2,15H2,1H3,(H,30,31)/b21-13+. The number of benzene rings is 3. The number of ether oxygens (including phenoxy) is 1. The molecule has 166 valence electrons. The molecule has 0 bridgehead atoms. The van der Waals surface area contributed by atoms with Gasteiger partial charge in [0, 0.05) is 21.6 Å². The number of carbonyl (C=O) groups is 2. The van der Waals surface area contributed by atoms with Crippen molar-refractivity contribution in [2.45, 2.75) is 13.3 Å². The van der Waals surface area contributed by atoms with Crippen molar-refractivity contribution in [1.29, 1.82) is 5.26 Å². The topological polar surface area (TPSA) is 79.2 Å². The first-order valence-electron chi connectivity index (χ1n) is 10.1. The van der Waals surface area contributed by atoms with Crippen molar-refractivity contribution in [3.63, 3.8) is 0 Å². The second-order valence-electron chi connectivity index (χ2n) is 7.04. The molecule has 7 heteroatoms. The van der Waals surface area contributed by atoms with E-state index in [2.05, 4.69) is 21.2 Å². The second kappa shape index (κ2) is 11.5. The molecular formula is C26H20BrClN2O3. The number of amides is 1. The molecule has 0 aromatic heterocycles. The fourth-order valence-electron chi connectivity index (χ4n) is 3.06. The number of hydrogen-bond donors (Lipinski definition) is 1. The molecule has 33 heavy (non-hydrogen) atoms. The number of hydrogen-bond acceptors (Lipinski definition) is 4. The summed E-state index contributed by atoms with van der Waals surface area (Å²) in [4.78, 5) is 24.3. The van der Waals surface area contributed by atoms with Gasteiger partial charge in [-0.1, -0.05) is 57.9 Å². The van der Waals surface area contributed by atoms with Crippen LogP contribution < -0.4 is 5.32 Å². The van der Waals surface area contributed by atoms with Gasteiger partial charge in [-0.05, 0) is 66.1 Å². The van der Waals surface area contributed by atoms with E-state index in [0.717, 1.165) is 15.6 Å². The molecule has 0 aliphatic carbocycles. The molecule has 0 aliphatic rings. The van der Waals surface area contributed by atoms with E-state index in [1.807, 2.05) is 48.5 Å². The Bertz CT molecular complexity index is 1250. The monoisotopic (exact) mass is 522 g/mol. The Hall–Kier alpha value is -3.40. The highest BCUT2D eigenvalue weighted by atomic mass is 79.9. The van der Waals surface area contributed by atoms with Crippen LogP contribution in [0.15, 0.2) is 76.8 Å². The van der Waals surface area contributed by atoms with Gasteiger partial charge >= 0.3 is 5.97 Å². The Labute approximate surface area is 205 Å². The van der Waals surface area contributed by atoms with Crippen molar-refractivity contribution in [2.75, 3.05) is 11.9 Å². The maximum Gasteiger partial charge on any atom is 0.338 e. The molecule has 3 aromatic carbocycles. The number of nitrogens with zero attached hydrogens (tertiary/aromatic N) is 1. The minimum absolute atomic E-state index is 0.0461.